The summed E-state index contributed by atoms with van der Waals surface area (Å²) in [7, 11) is 0. The van der Waals surface area contributed by atoms with E-state index < -0.39 is 5.91 Å². The number of phenols is 1. The molecule has 0 bridgehead atoms. The number of aryl methyl sites for hydroxylation is 2. The van der Waals surface area contributed by atoms with Crippen LogP contribution in [-0.2, 0) is 12.8 Å². The summed E-state index contributed by atoms with van der Waals surface area (Å²) in [5, 5.41) is 12.6. The van der Waals surface area contributed by atoms with Gasteiger partial charge in [0.05, 0.1) is 5.56 Å². The quantitative estimate of drug-likeness (QED) is 0.0727. The third-order valence-electron chi connectivity index (χ3n) is 8.78. The number of benzene rings is 2. The van der Waals surface area contributed by atoms with Gasteiger partial charge in [-0.1, -0.05) is 142 Å². The Morgan fingerprint density at radius 3 is 1.55 bits per heavy atom. The van der Waals surface area contributed by atoms with E-state index >= 15 is 0 Å². The third-order valence-corrected chi connectivity index (χ3v) is 8.78. The molecule has 5 N–H and O–H groups in total. The fourth-order valence-corrected chi connectivity index (χ4v) is 6.24. The predicted molar refractivity (Wildman–Crippen MR) is 174 cm³/mol. The number of nitrogens with two attached hydrogens (primary N) is 2. The lowest BCUT2D eigenvalue weighted by molar-refractivity contribution is 0.0997. The average Bonchev–Trinajstić information content (AvgIpc) is 2.93. The molecule has 0 unspecified atom stereocenters. The first kappa shape index (κ1) is 34.0. The molecule has 0 heterocycles. The summed E-state index contributed by atoms with van der Waals surface area (Å²) in [6.07, 6.45) is 28.3. The maximum atomic E-state index is 12.1. The van der Waals surface area contributed by atoms with Gasteiger partial charge in [0.2, 0.25) is 0 Å². The van der Waals surface area contributed by atoms with Crippen LogP contribution >= 0.6 is 0 Å². The lowest BCUT2D eigenvalue weighted by Gasteiger charge is -2.19. The zero-order valence-electron chi connectivity index (χ0n) is 26.2. The first-order valence-electron chi connectivity index (χ1n) is 16.8. The van der Waals surface area contributed by atoms with Gasteiger partial charge >= 0.3 is 0 Å². The second-order valence-corrected chi connectivity index (χ2v) is 12.1. The number of anilines is 1. The smallest absolute Gasteiger partial charge is 0.252 e. The third kappa shape index (κ3) is 11.0. The predicted octanol–water partition coefficient (Wildman–Crippen LogP) is 10.5. The van der Waals surface area contributed by atoms with E-state index in [1.165, 1.54) is 133 Å². The van der Waals surface area contributed by atoms with E-state index in [0.29, 0.717) is 16.6 Å². The first-order valence-corrected chi connectivity index (χ1v) is 16.8. The zero-order valence-corrected chi connectivity index (χ0v) is 26.2. The van der Waals surface area contributed by atoms with E-state index in [1.807, 2.05) is 6.07 Å². The molecule has 2 aromatic carbocycles. The minimum absolute atomic E-state index is 0.0241. The van der Waals surface area contributed by atoms with Crippen molar-refractivity contribution in [3.8, 4) is 5.75 Å². The molecule has 0 radical (unpaired) electrons. The molecule has 0 saturated carbocycles. The lowest BCUT2D eigenvalue weighted by Crippen LogP contribution is -2.15. The number of carbonyl (C=O) groups excluding carboxylic acids is 1. The molecular weight excluding hydrogens is 492 g/mol. The minimum Gasteiger partial charge on any atom is -0.506 e. The Labute approximate surface area is 245 Å². The van der Waals surface area contributed by atoms with E-state index in [9.17, 15) is 9.90 Å². The van der Waals surface area contributed by atoms with Crippen LogP contribution in [0.5, 0.6) is 5.75 Å². The summed E-state index contributed by atoms with van der Waals surface area (Å²) in [6, 6.07) is 4.10. The molecule has 0 saturated heterocycles. The van der Waals surface area contributed by atoms with Crippen LogP contribution < -0.4 is 11.5 Å². The number of aromatic hydroxyl groups is 1. The highest BCUT2D eigenvalue weighted by Crippen LogP contribution is 2.40. The largest absolute Gasteiger partial charge is 0.506 e. The van der Waals surface area contributed by atoms with Gasteiger partial charge in [-0.15, -0.1) is 0 Å². The van der Waals surface area contributed by atoms with Crippen LogP contribution in [0.2, 0.25) is 0 Å². The van der Waals surface area contributed by atoms with Crippen molar-refractivity contribution in [3.63, 3.8) is 0 Å². The van der Waals surface area contributed by atoms with Crippen molar-refractivity contribution in [2.75, 3.05) is 5.73 Å². The molecule has 226 valence electrons. The number of rotatable bonds is 23. The van der Waals surface area contributed by atoms with Gasteiger partial charge in [-0.2, -0.15) is 0 Å². The number of fused-ring (bicyclic) bond motifs is 1. The Hall–Kier alpha value is -2.23. The SMILES string of the molecule is CCCCCCCCCCCCc1ccc2c(O)c(C(N)=O)c(C)c(N)c2c1CCCCCCCCCCCC. The van der Waals surface area contributed by atoms with E-state index in [-0.39, 0.29) is 11.3 Å². The van der Waals surface area contributed by atoms with Gasteiger partial charge in [0.15, 0.2) is 0 Å². The van der Waals surface area contributed by atoms with Crippen molar-refractivity contribution >= 4 is 22.4 Å². The molecule has 0 atom stereocenters. The maximum Gasteiger partial charge on any atom is 0.252 e. The van der Waals surface area contributed by atoms with E-state index in [4.69, 9.17) is 11.5 Å². The van der Waals surface area contributed by atoms with E-state index in [2.05, 4.69) is 19.9 Å². The highest BCUT2D eigenvalue weighted by Gasteiger charge is 2.21. The number of hydrogen-bond acceptors (Lipinski definition) is 3. The lowest BCUT2D eigenvalue weighted by atomic mass is 9.87. The monoisotopic (exact) mass is 552 g/mol. The average molecular weight is 553 g/mol. The summed E-state index contributed by atoms with van der Waals surface area (Å²) in [6.45, 7) is 6.34. The van der Waals surface area contributed by atoms with Crippen molar-refractivity contribution in [1.29, 1.82) is 0 Å². The second-order valence-electron chi connectivity index (χ2n) is 12.1. The van der Waals surface area contributed by atoms with Crippen LogP contribution in [0.15, 0.2) is 12.1 Å². The molecule has 0 fully saturated rings. The summed E-state index contributed by atoms with van der Waals surface area (Å²) in [4.78, 5) is 12.1. The highest BCUT2D eigenvalue weighted by atomic mass is 16.3. The number of unbranched alkanes of at least 4 members (excludes halogenated alkanes) is 18. The number of nitrogen functional groups attached to an aromatic ring is 1. The summed E-state index contributed by atoms with van der Waals surface area (Å²) in [5.74, 6) is -0.654. The van der Waals surface area contributed by atoms with Gasteiger partial charge in [0.1, 0.15) is 5.75 Å². The molecular formula is C36H60N2O2. The molecule has 0 aromatic heterocycles. The summed E-state index contributed by atoms with van der Waals surface area (Å²) < 4.78 is 0. The molecule has 0 spiro atoms. The molecule has 2 aromatic rings. The van der Waals surface area contributed by atoms with Gasteiger partial charge in [-0.25, -0.2) is 0 Å². The number of amides is 1. The van der Waals surface area contributed by atoms with Gasteiger partial charge in [0.25, 0.3) is 5.91 Å². The Morgan fingerprint density at radius 2 is 1.10 bits per heavy atom. The van der Waals surface area contributed by atoms with Gasteiger partial charge in [-0.05, 0) is 49.3 Å². The Morgan fingerprint density at radius 1 is 0.675 bits per heavy atom. The molecule has 0 aliphatic carbocycles. The van der Waals surface area contributed by atoms with Crippen LogP contribution in [0.1, 0.15) is 169 Å². The second kappa shape index (κ2) is 19.8. The van der Waals surface area contributed by atoms with Crippen molar-refractivity contribution in [2.45, 2.75) is 162 Å². The standard InChI is InChI=1S/C36H60N2O2/c1-4-6-8-10-12-14-16-18-20-22-24-29-26-27-31-33(34(37)28(3)32(35(31)39)36(38)40)30(29)25-23-21-19-17-15-13-11-9-7-5-2/h26-27,39H,4-25,37H2,1-3H3,(H2,38,40). The summed E-state index contributed by atoms with van der Waals surface area (Å²) >= 11 is 0. The molecule has 1 amide bonds. The van der Waals surface area contributed by atoms with Gasteiger partial charge < -0.3 is 16.6 Å². The Balaban J connectivity index is 2.02. The highest BCUT2D eigenvalue weighted by molar-refractivity contribution is 6.10. The van der Waals surface area contributed by atoms with Crippen molar-refractivity contribution in [3.05, 3.63) is 34.4 Å². The maximum absolute atomic E-state index is 12.1. The van der Waals surface area contributed by atoms with Crippen molar-refractivity contribution in [2.24, 2.45) is 5.73 Å². The number of carbonyl (C=O) groups is 1. The first-order chi connectivity index (χ1) is 19.4. The fourth-order valence-electron chi connectivity index (χ4n) is 6.24. The molecule has 4 heteroatoms. The van der Waals surface area contributed by atoms with E-state index in [0.717, 1.165) is 24.6 Å². The van der Waals surface area contributed by atoms with Crippen molar-refractivity contribution in [1.82, 2.24) is 0 Å². The number of hydrogen-bond donors (Lipinski definition) is 3. The van der Waals surface area contributed by atoms with E-state index in [1.54, 1.807) is 6.92 Å². The van der Waals surface area contributed by atoms with Crippen LogP contribution in [0.25, 0.3) is 10.8 Å². The van der Waals surface area contributed by atoms with Gasteiger partial charge in [-0.3, -0.25) is 4.79 Å². The van der Waals surface area contributed by atoms with Crippen LogP contribution in [0, 0.1) is 6.92 Å². The van der Waals surface area contributed by atoms with Crippen LogP contribution in [0.4, 0.5) is 5.69 Å². The van der Waals surface area contributed by atoms with Gasteiger partial charge in [0, 0.05) is 16.5 Å². The molecule has 0 aliphatic heterocycles. The molecule has 0 aliphatic rings. The minimum atomic E-state index is -0.630. The van der Waals surface area contributed by atoms with Crippen molar-refractivity contribution < 1.29 is 9.90 Å². The molecule has 40 heavy (non-hydrogen) atoms. The topological polar surface area (TPSA) is 89.3 Å². The molecule has 2 rings (SSSR count). The van der Waals surface area contributed by atoms with Crippen LogP contribution in [0.3, 0.4) is 0 Å². The normalized spacial score (nSPS) is 11.5. The Bertz CT molecular complexity index is 1010. The zero-order chi connectivity index (χ0) is 29.2. The Kier molecular flexibility index (Phi) is 16.8. The molecule has 4 nitrogen and oxygen atoms in total. The fraction of sp³-hybridized carbons (Fsp3) is 0.694. The summed E-state index contributed by atoms with van der Waals surface area (Å²) in [5.41, 5.74) is 16.2. The van der Waals surface area contributed by atoms with Crippen LogP contribution in [-0.4, -0.2) is 11.0 Å². The number of primary amides is 1.